The zero-order valence-electron chi connectivity index (χ0n) is 10.2. The summed E-state index contributed by atoms with van der Waals surface area (Å²) in [7, 11) is 0. The van der Waals surface area contributed by atoms with Crippen molar-refractivity contribution in [3.63, 3.8) is 0 Å². The van der Waals surface area contributed by atoms with Crippen molar-refractivity contribution in [2.24, 2.45) is 0 Å². The summed E-state index contributed by atoms with van der Waals surface area (Å²) in [6.07, 6.45) is 2.62. The van der Waals surface area contributed by atoms with Gasteiger partial charge in [0.1, 0.15) is 11.3 Å². The average molecular weight is 370 g/mol. The van der Waals surface area contributed by atoms with E-state index >= 15 is 0 Å². The van der Waals surface area contributed by atoms with Crippen molar-refractivity contribution < 1.29 is 9.58 Å². The van der Waals surface area contributed by atoms with Crippen LogP contribution in [0.4, 0.5) is 0 Å². The van der Waals surface area contributed by atoms with Gasteiger partial charge in [-0.25, -0.2) is 4.52 Å². The number of hydrogen-bond donors (Lipinski definition) is 0. The second kappa shape index (κ2) is 4.80. The van der Waals surface area contributed by atoms with E-state index in [2.05, 4.69) is 32.8 Å². The van der Waals surface area contributed by atoms with Gasteiger partial charge >= 0.3 is 0 Å². The SMILES string of the molecule is CCCOc1ccc2c(c1)n1ncc(I)c1n[n+]2[O-]. The molecular formula is C12H11IN4O2. The molecule has 0 N–H and O–H groups in total. The number of halogens is 1. The quantitative estimate of drug-likeness (QED) is 0.401. The van der Waals surface area contributed by atoms with Crippen molar-refractivity contribution in [2.45, 2.75) is 13.3 Å². The maximum atomic E-state index is 11.9. The van der Waals surface area contributed by atoms with Crippen molar-refractivity contribution >= 4 is 39.3 Å². The summed E-state index contributed by atoms with van der Waals surface area (Å²) in [4.78, 5) is 0.623. The van der Waals surface area contributed by atoms with E-state index in [1.165, 1.54) is 0 Å². The lowest BCUT2D eigenvalue weighted by Crippen LogP contribution is -2.33. The molecule has 19 heavy (non-hydrogen) atoms. The zero-order chi connectivity index (χ0) is 13.4. The molecule has 3 rings (SSSR count). The number of ether oxygens (including phenoxy) is 1. The fourth-order valence-electron chi connectivity index (χ4n) is 1.87. The topological polar surface area (TPSA) is 66.4 Å². The molecule has 98 valence electrons. The molecule has 0 fully saturated rings. The molecule has 7 heteroatoms. The van der Waals surface area contributed by atoms with Crippen LogP contribution in [0.2, 0.25) is 0 Å². The fraction of sp³-hybridized carbons (Fsp3) is 0.250. The number of aromatic nitrogens is 4. The Balaban J connectivity index is 2.26. The largest absolute Gasteiger partial charge is 0.594 e. The highest BCUT2D eigenvalue weighted by Gasteiger charge is 2.15. The lowest BCUT2D eigenvalue weighted by molar-refractivity contribution is -0.640. The Bertz CT molecular complexity index is 756. The van der Waals surface area contributed by atoms with Gasteiger partial charge in [-0.3, -0.25) is 0 Å². The summed E-state index contributed by atoms with van der Waals surface area (Å²) >= 11 is 2.10. The van der Waals surface area contributed by atoms with E-state index < -0.39 is 0 Å². The maximum absolute atomic E-state index is 11.9. The second-order valence-corrected chi connectivity index (χ2v) is 5.26. The normalized spacial score (nSPS) is 11.3. The van der Waals surface area contributed by atoms with E-state index in [1.807, 2.05) is 13.0 Å². The van der Waals surface area contributed by atoms with E-state index in [0.29, 0.717) is 28.1 Å². The molecule has 0 radical (unpaired) electrons. The molecule has 0 saturated carbocycles. The Hall–Kier alpha value is -1.64. The minimum atomic E-state index is 0.468. The molecular weight excluding hydrogens is 359 g/mol. The van der Waals surface area contributed by atoms with E-state index in [9.17, 15) is 5.21 Å². The summed E-state index contributed by atoms with van der Waals surface area (Å²) < 4.78 is 8.08. The van der Waals surface area contributed by atoms with Crippen molar-refractivity contribution in [2.75, 3.05) is 6.61 Å². The van der Waals surface area contributed by atoms with Crippen molar-refractivity contribution in [1.29, 1.82) is 0 Å². The van der Waals surface area contributed by atoms with E-state index in [1.54, 1.807) is 22.8 Å². The first-order valence-corrected chi connectivity index (χ1v) is 6.98. The smallest absolute Gasteiger partial charge is 0.270 e. The highest BCUT2D eigenvalue weighted by molar-refractivity contribution is 14.1. The van der Waals surface area contributed by atoms with Crippen molar-refractivity contribution in [3.8, 4) is 5.75 Å². The van der Waals surface area contributed by atoms with Gasteiger partial charge in [-0.1, -0.05) is 6.92 Å². The van der Waals surface area contributed by atoms with Crippen LogP contribution in [0.3, 0.4) is 0 Å². The summed E-state index contributed by atoms with van der Waals surface area (Å²) in [5.41, 5.74) is 1.71. The van der Waals surface area contributed by atoms with Crippen LogP contribution in [0.1, 0.15) is 13.3 Å². The monoisotopic (exact) mass is 370 g/mol. The Morgan fingerprint density at radius 2 is 2.32 bits per heavy atom. The molecule has 0 unspecified atom stereocenters. The molecule has 0 atom stereocenters. The maximum Gasteiger partial charge on any atom is 0.270 e. The van der Waals surface area contributed by atoms with E-state index in [-0.39, 0.29) is 0 Å². The van der Waals surface area contributed by atoms with Gasteiger partial charge in [-0.05, 0) is 39.9 Å². The third kappa shape index (κ3) is 2.07. The summed E-state index contributed by atoms with van der Waals surface area (Å²) in [6, 6.07) is 5.29. The molecule has 2 heterocycles. The molecule has 0 aliphatic carbocycles. The van der Waals surface area contributed by atoms with Gasteiger partial charge in [0.25, 0.3) is 5.52 Å². The number of benzene rings is 1. The molecule has 0 amide bonds. The molecule has 6 nitrogen and oxygen atoms in total. The summed E-state index contributed by atoms with van der Waals surface area (Å²) in [6.45, 7) is 2.69. The minimum Gasteiger partial charge on any atom is -0.594 e. The molecule has 0 aliphatic heterocycles. The van der Waals surface area contributed by atoms with E-state index in [4.69, 9.17) is 4.74 Å². The second-order valence-electron chi connectivity index (χ2n) is 4.10. The first kappa shape index (κ1) is 12.4. The van der Waals surface area contributed by atoms with E-state index in [0.717, 1.165) is 15.7 Å². The molecule has 0 aliphatic rings. The molecule has 3 aromatic rings. The number of fused-ring (bicyclic) bond motifs is 3. The van der Waals surface area contributed by atoms with Gasteiger partial charge < -0.3 is 9.94 Å². The lowest BCUT2D eigenvalue weighted by Gasteiger charge is -2.06. The highest BCUT2D eigenvalue weighted by Crippen LogP contribution is 2.20. The highest BCUT2D eigenvalue weighted by atomic mass is 127. The van der Waals surface area contributed by atoms with Crippen LogP contribution >= 0.6 is 22.6 Å². The van der Waals surface area contributed by atoms with Crippen molar-refractivity contribution in [3.05, 3.63) is 33.2 Å². The summed E-state index contributed by atoms with van der Waals surface area (Å²) in [5.74, 6) is 0.729. The van der Waals surface area contributed by atoms with Gasteiger partial charge in [0.15, 0.2) is 0 Å². The first-order valence-electron chi connectivity index (χ1n) is 5.90. The van der Waals surface area contributed by atoms with Gasteiger partial charge in [0, 0.05) is 17.2 Å². The molecule has 0 saturated heterocycles. The van der Waals surface area contributed by atoms with Gasteiger partial charge in [0.2, 0.25) is 5.65 Å². The van der Waals surface area contributed by atoms with Crippen LogP contribution in [-0.4, -0.2) is 21.3 Å². The third-order valence-corrected chi connectivity index (χ3v) is 3.50. The van der Waals surface area contributed by atoms with Gasteiger partial charge in [0.05, 0.1) is 16.4 Å². The Morgan fingerprint density at radius 1 is 1.47 bits per heavy atom. The lowest BCUT2D eigenvalue weighted by atomic mass is 10.3. The molecule has 0 spiro atoms. The summed E-state index contributed by atoms with van der Waals surface area (Å²) in [5, 5.41) is 20.1. The van der Waals surface area contributed by atoms with Gasteiger partial charge in [-0.15, -0.1) is 0 Å². The van der Waals surface area contributed by atoms with Crippen LogP contribution < -0.4 is 9.58 Å². The number of rotatable bonds is 3. The first-order chi connectivity index (χ1) is 9.20. The van der Waals surface area contributed by atoms with Crippen LogP contribution in [0.15, 0.2) is 24.4 Å². The Labute approximate surface area is 122 Å². The standard InChI is InChI=1S/C12H11IN4O2/c1-2-5-19-8-3-4-10-11(6-8)16-12(15-17(10)18)9(13)7-14-16/h3-4,6-7H,2,5H2,1H3. The van der Waals surface area contributed by atoms with Crippen LogP contribution in [0, 0.1) is 8.78 Å². The predicted molar refractivity (Wildman–Crippen MR) is 78.0 cm³/mol. The number of hydrogen-bond acceptors (Lipinski definition) is 4. The fourth-order valence-corrected chi connectivity index (χ4v) is 2.33. The van der Waals surface area contributed by atoms with Crippen LogP contribution in [0.5, 0.6) is 5.75 Å². The van der Waals surface area contributed by atoms with Gasteiger partial charge in [-0.2, -0.15) is 5.10 Å². The molecule has 1 aromatic carbocycles. The van der Waals surface area contributed by atoms with Crippen LogP contribution in [0.25, 0.3) is 16.7 Å². The third-order valence-electron chi connectivity index (χ3n) is 2.74. The van der Waals surface area contributed by atoms with Crippen LogP contribution in [-0.2, 0) is 0 Å². The molecule has 0 bridgehead atoms. The van der Waals surface area contributed by atoms with Crippen molar-refractivity contribution in [1.82, 2.24) is 14.7 Å². The molecule has 2 aromatic heterocycles. The Kier molecular flexibility index (Phi) is 3.13. The predicted octanol–water partition coefficient (Wildman–Crippen LogP) is 1.91. The Morgan fingerprint density at radius 3 is 3.11 bits per heavy atom. The number of nitrogens with zero attached hydrogens (tertiary/aromatic N) is 4. The minimum absolute atomic E-state index is 0.468. The zero-order valence-corrected chi connectivity index (χ0v) is 12.4. The average Bonchev–Trinajstić information content (AvgIpc) is 2.78.